The van der Waals surface area contributed by atoms with Gasteiger partial charge in [0, 0.05) is 17.8 Å². The molecule has 1 unspecified atom stereocenters. The van der Waals surface area contributed by atoms with Gasteiger partial charge in [-0.1, -0.05) is 12.8 Å². The molecule has 2 aliphatic rings. The first-order valence-electron chi connectivity index (χ1n) is 5.96. The maximum absolute atomic E-state index is 11.6. The average Bonchev–Trinajstić information content (AvgIpc) is 2.86. The molecule has 86 valence electrons. The molecule has 1 aliphatic carbocycles. The minimum Gasteiger partial charge on any atom is -0.353 e. The number of nitrogens with one attached hydrogen (secondary N) is 2. The highest BCUT2D eigenvalue weighted by molar-refractivity contribution is 8.00. The van der Waals surface area contributed by atoms with Crippen LogP contribution in [-0.4, -0.2) is 36.0 Å². The Morgan fingerprint density at radius 1 is 1.33 bits per heavy atom. The summed E-state index contributed by atoms with van der Waals surface area (Å²) in [5, 5.41) is 7.09. The largest absolute Gasteiger partial charge is 0.353 e. The van der Waals surface area contributed by atoms with Crippen molar-refractivity contribution < 1.29 is 4.79 Å². The normalized spacial score (nSPS) is 27.1. The van der Waals surface area contributed by atoms with Gasteiger partial charge in [-0.3, -0.25) is 4.79 Å². The number of thioether (sulfide) groups is 1. The van der Waals surface area contributed by atoms with Crippen LogP contribution >= 0.6 is 11.8 Å². The highest BCUT2D eigenvalue weighted by Gasteiger charge is 2.19. The number of hydrogen-bond donors (Lipinski definition) is 2. The first-order chi connectivity index (χ1) is 7.34. The molecular formula is C11H20N2OS. The van der Waals surface area contributed by atoms with Gasteiger partial charge in [0.1, 0.15) is 0 Å². The smallest absolute Gasteiger partial charge is 0.230 e. The van der Waals surface area contributed by atoms with Crippen molar-refractivity contribution in [2.24, 2.45) is 0 Å². The predicted octanol–water partition coefficient (Wildman–Crippen LogP) is 1.14. The highest BCUT2D eigenvalue weighted by atomic mass is 32.2. The van der Waals surface area contributed by atoms with Crippen molar-refractivity contribution in [1.82, 2.24) is 10.6 Å². The molecule has 1 saturated carbocycles. The molecule has 2 N–H and O–H groups in total. The van der Waals surface area contributed by atoms with Crippen molar-refractivity contribution in [3.05, 3.63) is 0 Å². The van der Waals surface area contributed by atoms with E-state index < -0.39 is 0 Å². The van der Waals surface area contributed by atoms with Crippen LogP contribution < -0.4 is 10.6 Å². The molecule has 0 aromatic carbocycles. The van der Waals surface area contributed by atoms with E-state index in [0.29, 0.717) is 17.0 Å². The Kier molecular flexibility index (Phi) is 4.32. The fourth-order valence-electron chi connectivity index (χ4n) is 2.30. The molecule has 0 bridgehead atoms. The van der Waals surface area contributed by atoms with Crippen molar-refractivity contribution in [2.75, 3.05) is 18.8 Å². The molecule has 1 aliphatic heterocycles. The zero-order chi connectivity index (χ0) is 10.5. The lowest BCUT2D eigenvalue weighted by atomic mass is 10.2. The molecule has 3 nitrogen and oxygen atoms in total. The molecule has 0 radical (unpaired) electrons. The molecule has 2 rings (SSSR count). The lowest BCUT2D eigenvalue weighted by Crippen LogP contribution is -2.34. The van der Waals surface area contributed by atoms with Crippen molar-refractivity contribution in [3.8, 4) is 0 Å². The van der Waals surface area contributed by atoms with E-state index in [0.717, 1.165) is 13.1 Å². The van der Waals surface area contributed by atoms with Crippen LogP contribution in [0.5, 0.6) is 0 Å². The molecule has 1 amide bonds. The third-order valence-corrected chi connectivity index (χ3v) is 4.49. The SMILES string of the molecule is O=C(CSC1CCNC1)NC1CCCC1. The van der Waals surface area contributed by atoms with Gasteiger partial charge >= 0.3 is 0 Å². The maximum Gasteiger partial charge on any atom is 0.230 e. The van der Waals surface area contributed by atoms with Crippen molar-refractivity contribution in [2.45, 2.75) is 43.4 Å². The van der Waals surface area contributed by atoms with E-state index in [-0.39, 0.29) is 5.91 Å². The van der Waals surface area contributed by atoms with E-state index in [4.69, 9.17) is 0 Å². The Morgan fingerprint density at radius 3 is 2.80 bits per heavy atom. The molecule has 0 aromatic rings. The molecule has 15 heavy (non-hydrogen) atoms. The highest BCUT2D eigenvalue weighted by Crippen LogP contribution is 2.19. The summed E-state index contributed by atoms with van der Waals surface area (Å²) in [4.78, 5) is 11.6. The van der Waals surface area contributed by atoms with Crippen LogP contribution in [0.1, 0.15) is 32.1 Å². The summed E-state index contributed by atoms with van der Waals surface area (Å²) in [5.74, 6) is 0.877. The second kappa shape index (κ2) is 5.75. The first kappa shape index (κ1) is 11.3. The molecule has 1 heterocycles. The van der Waals surface area contributed by atoms with Crippen LogP contribution in [0.25, 0.3) is 0 Å². The monoisotopic (exact) mass is 228 g/mol. The predicted molar refractivity (Wildman–Crippen MR) is 64.1 cm³/mol. The topological polar surface area (TPSA) is 41.1 Å². The lowest BCUT2D eigenvalue weighted by molar-refractivity contribution is -0.119. The van der Waals surface area contributed by atoms with Gasteiger partial charge in [-0.25, -0.2) is 0 Å². The van der Waals surface area contributed by atoms with E-state index >= 15 is 0 Å². The molecule has 0 spiro atoms. The standard InChI is InChI=1S/C11H20N2OS/c14-11(13-9-3-1-2-4-9)8-15-10-5-6-12-7-10/h9-10,12H,1-8H2,(H,13,14). The fourth-order valence-corrected chi connectivity index (χ4v) is 3.29. The Labute approximate surface area is 95.8 Å². The number of carbonyl (C=O) groups excluding carboxylic acids is 1. The van der Waals surface area contributed by atoms with Crippen molar-refractivity contribution in [1.29, 1.82) is 0 Å². The molecular weight excluding hydrogens is 208 g/mol. The van der Waals surface area contributed by atoms with E-state index in [2.05, 4.69) is 10.6 Å². The van der Waals surface area contributed by atoms with Crippen LogP contribution in [0, 0.1) is 0 Å². The van der Waals surface area contributed by atoms with E-state index in [1.54, 1.807) is 11.8 Å². The number of amides is 1. The summed E-state index contributed by atoms with van der Waals surface area (Å²) in [5.41, 5.74) is 0. The molecule has 2 fully saturated rings. The Hall–Kier alpha value is -0.220. The van der Waals surface area contributed by atoms with E-state index in [1.807, 2.05) is 0 Å². The van der Waals surface area contributed by atoms with Gasteiger partial charge in [0.2, 0.25) is 5.91 Å². The van der Waals surface area contributed by atoms with Crippen LogP contribution in [0.15, 0.2) is 0 Å². The number of carbonyl (C=O) groups is 1. The van der Waals surface area contributed by atoms with Gasteiger partial charge in [0.15, 0.2) is 0 Å². The number of rotatable bonds is 4. The Bertz CT molecular complexity index is 211. The summed E-state index contributed by atoms with van der Waals surface area (Å²) in [6.45, 7) is 2.18. The molecule has 1 saturated heterocycles. The maximum atomic E-state index is 11.6. The Balaban J connectivity index is 1.59. The van der Waals surface area contributed by atoms with Gasteiger partial charge < -0.3 is 10.6 Å². The van der Waals surface area contributed by atoms with Crippen LogP contribution in [-0.2, 0) is 4.79 Å². The lowest BCUT2D eigenvalue weighted by Gasteiger charge is -2.13. The average molecular weight is 228 g/mol. The van der Waals surface area contributed by atoms with Crippen LogP contribution in [0.4, 0.5) is 0 Å². The van der Waals surface area contributed by atoms with Gasteiger partial charge in [-0.2, -0.15) is 0 Å². The second-order valence-electron chi connectivity index (χ2n) is 4.47. The number of hydrogen-bond acceptors (Lipinski definition) is 3. The fraction of sp³-hybridized carbons (Fsp3) is 0.909. The summed E-state index contributed by atoms with van der Waals surface area (Å²) < 4.78 is 0. The van der Waals surface area contributed by atoms with Crippen LogP contribution in [0.2, 0.25) is 0 Å². The van der Waals surface area contributed by atoms with Gasteiger partial charge in [-0.15, -0.1) is 11.8 Å². The third kappa shape index (κ3) is 3.68. The Morgan fingerprint density at radius 2 is 2.13 bits per heavy atom. The third-order valence-electron chi connectivity index (χ3n) is 3.19. The van der Waals surface area contributed by atoms with E-state index in [1.165, 1.54) is 32.1 Å². The minimum atomic E-state index is 0.235. The quantitative estimate of drug-likeness (QED) is 0.758. The van der Waals surface area contributed by atoms with Gasteiger partial charge in [0.25, 0.3) is 0 Å². The first-order valence-corrected chi connectivity index (χ1v) is 7.01. The zero-order valence-electron chi connectivity index (χ0n) is 9.13. The molecule has 0 aromatic heterocycles. The molecule has 4 heteroatoms. The second-order valence-corrected chi connectivity index (χ2v) is 5.76. The van der Waals surface area contributed by atoms with Gasteiger partial charge in [-0.05, 0) is 25.8 Å². The van der Waals surface area contributed by atoms with Crippen molar-refractivity contribution >= 4 is 17.7 Å². The summed E-state index contributed by atoms with van der Waals surface area (Å²) >= 11 is 1.80. The molecule has 1 atom stereocenters. The zero-order valence-corrected chi connectivity index (χ0v) is 9.94. The summed E-state index contributed by atoms with van der Waals surface area (Å²) in [7, 11) is 0. The summed E-state index contributed by atoms with van der Waals surface area (Å²) in [6.07, 6.45) is 6.14. The minimum absolute atomic E-state index is 0.235. The van der Waals surface area contributed by atoms with Gasteiger partial charge in [0.05, 0.1) is 5.75 Å². The summed E-state index contributed by atoms with van der Waals surface area (Å²) in [6, 6.07) is 0.472. The van der Waals surface area contributed by atoms with Crippen molar-refractivity contribution in [3.63, 3.8) is 0 Å². The van der Waals surface area contributed by atoms with Crippen LogP contribution in [0.3, 0.4) is 0 Å². The van der Waals surface area contributed by atoms with E-state index in [9.17, 15) is 4.79 Å².